The van der Waals surface area contributed by atoms with Crippen LogP contribution in [0.25, 0.3) is 0 Å². The number of rotatable bonds is 3. The zero-order valence-electron chi connectivity index (χ0n) is 14.2. The molecule has 0 aromatic carbocycles. The maximum atomic E-state index is 12.4. The van der Waals surface area contributed by atoms with Crippen molar-refractivity contribution in [2.24, 2.45) is 17.3 Å². The van der Waals surface area contributed by atoms with Gasteiger partial charge >= 0.3 is 12.0 Å². The quantitative estimate of drug-likeness (QED) is 0.749. The summed E-state index contributed by atoms with van der Waals surface area (Å²) in [5.41, 5.74) is -0.651. The third kappa shape index (κ3) is 3.93. The number of hydrogen-bond donors (Lipinski definition) is 3. The molecular formula is C17H30N2O3. The Morgan fingerprint density at radius 2 is 1.95 bits per heavy atom. The van der Waals surface area contributed by atoms with Crippen molar-refractivity contribution in [3.63, 3.8) is 0 Å². The highest BCUT2D eigenvalue weighted by molar-refractivity contribution is 5.83. The van der Waals surface area contributed by atoms with Crippen LogP contribution in [0.2, 0.25) is 0 Å². The molecule has 3 unspecified atom stereocenters. The van der Waals surface area contributed by atoms with E-state index in [9.17, 15) is 14.7 Å². The highest BCUT2D eigenvalue weighted by atomic mass is 16.4. The molecule has 5 nitrogen and oxygen atoms in total. The number of carboxylic acid groups (broad SMARTS) is 1. The average Bonchev–Trinajstić information content (AvgIpc) is 2.32. The van der Waals surface area contributed by atoms with Crippen LogP contribution in [0.1, 0.15) is 66.2 Å². The van der Waals surface area contributed by atoms with Gasteiger partial charge in [0.05, 0.1) is 0 Å². The van der Waals surface area contributed by atoms with Gasteiger partial charge in [0.15, 0.2) is 0 Å². The second-order valence-electron chi connectivity index (χ2n) is 8.52. The Kier molecular flexibility index (Phi) is 4.73. The van der Waals surface area contributed by atoms with E-state index in [-0.39, 0.29) is 11.6 Å². The van der Waals surface area contributed by atoms with Gasteiger partial charge in [-0.3, -0.25) is 0 Å². The molecule has 2 aliphatic rings. The molecule has 2 bridgehead atoms. The van der Waals surface area contributed by atoms with E-state index in [1.165, 1.54) is 12.8 Å². The van der Waals surface area contributed by atoms with E-state index in [0.717, 1.165) is 25.7 Å². The molecule has 0 aromatic heterocycles. The summed E-state index contributed by atoms with van der Waals surface area (Å²) >= 11 is 0. The van der Waals surface area contributed by atoms with E-state index in [1.54, 1.807) is 0 Å². The first kappa shape index (κ1) is 17.1. The summed E-state index contributed by atoms with van der Waals surface area (Å²) in [6.07, 6.45) is 6.72. The molecule has 0 saturated heterocycles. The molecule has 4 atom stereocenters. The van der Waals surface area contributed by atoms with Crippen molar-refractivity contribution in [3.8, 4) is 0 Å². The largest absolute Gasteiger partial charge is 0.480 e. The minimum Gasteiger partial charge on any atom is -0.480 e. The first-order chi connectivity index (χ1) is 10.1. The van der Waals surface area contributed by atoms with Crippen molar-refractivity contribution in [2.45, 2.75) is 77.8 Å². The van der Waals surface area contributed by atoms with Gasteiger partial charge in [-0.15, -0.1) is 0 Å². The van der Waals surface area contributed by atoms with Crippen LogP contribution < -0.4 is 10.6 Å². The van der Waals surface area contributed by atoms with Crippen molar-refractivity contribution in [2.75, 3.05) is 0 Å². The summed E-state index contributed by atoms with van der Waals surface area (Å²) in [7, 11) is 0. The number of nitrogens with one attached hydrogen (secondary N) is 2. The first-order valence-electron chi connectivity index (χ1n) is 8.43. The maximum absolute atomic E-state index is 12.4. The van der Waals surface area contributed by atoms with E-state index in [2.05, 4.69) is 17.6 Å². The first-order valence-corrected chi connectivity index (χ1v) is 8.43. The zero-order chi connectivity index (χ0) is 16.5. The Balaban J connectivity index is 2.02. The van der Waals surface area contributed by atoms with Crippen LogP contribution in [0, 0.1) is 17.3 Å². The van der Waals surface area contributed by atoms with Crippen LogP contribution >= 0.6 is 0 Å². The lowest BCUT2D eigenvalue weighted by atomic mass is 9.64. The lowest BCUT2D eigenvalue weighted by molar-refractivity contribution is -0.141. The Labute approximate surface area is 133 Å². The molecule has 2 fully saturated rings. The van der Waals surface area contributed by atoms with E-state index in [4.69, 9.17) is 0 Å². The lowest BCUT2D eigenvalue weighted by Crippen LogP contribution is -2.60. The molecule has 3 N–H and O–H groups in total. The third-order valence-electron chi connectivity index (χ3n) is 5.19. The van der Waals surface area contributed by atoms with Crippen LogP contribution in [0.5, 0.6) is 0 Å². The van der Waals surface area contributed by atoms with Crippen LogP contribution in [-0.2, 0) is 4.79 Å². The van der Waals surface area contributed by atoms with E-state index >= 15 is 0 Å². The third-order valence-corrected chi connectivity index (χ3v) is 5.19. The molecule has 0 aliphatic heterocycles. The fourth-order valence-corrected chi connectivity index (χ4v) is 4.41. The molecule has 2 saturated carbocycles. The second kappa shape index (κ2) is 6.09. The van der Waals surface area contributed by atoms with Gasteiger partial charge in [0, 0.05) is 5.54 Å². The predicted octanol–water partition coefficient (Wildman–Crippen LogP) is 3.14. The van der Waals surface area contributed by atoms with E-state index < -0.39 is 17.4 Å². The number of carbonyl (C=O) groups is 2. The molecule has 0 aromatic rings. The molecule has 0 heterocycles. The van der Waals surface area contributed by atoms with Crippen molar-refractivity contribution >= 4 is 12.0 Å². The second-order valence-corrected chi connectivity index (χ2v) is 8.52. The van der Waals surface area contributed by atoms with Gasteiger partial charge in [-0.25, -0.2) is 9.59 Å². The summed E-state index contributed by atoms with van der Waals surface area (Å²) in [6.45, 7) is 7.72. The van der Waals surface area contributed by atoms with Gasteiger partial charge in [0.1, 0.15) is 6.04 Å². The van der Waals surface area contributed by atoms with Gasteiger partial charge in [-0.05, 0) is 42.9 Å². The molecule has 5 heteroatoms. The summed E-state index contributed by atoms with van der Waals surface area (Å²) in [4.78, 5) is 23.8. The summed E-state index contributed by atoms with van der Waals surface area (Å²) < 4.78 is 0. The predicted molar refractivity (Wildman–Crippen MR) is 85.6 cm³/mol. The van der Waals surface area contributed by atoms with Gasteiger partial charge in [0.25, 0.3) is 0 Å². The Morgan fingerprint density at radius 1 is 1.27 bits per heavy atom. The van der Waals surface area contributed by atoms with Crippen molar-refractivity contribution in [1.29, 1.82) is 0 Å². The van der Waals surface area contributed by atoms with E-state index in [0.29, 0.717) is 11.8 Å². The molecule has 2 aliphatic carbocycles. The van der Waals surface area contributed by atoms with Gasteiger partial charge < -0.3 is 15.7 Å². The minimum atomic E-state index is -0.987. The van der Waals surface area contributed by atoms with Crippen LogP contribution in [0.3, 0.4) is 0 Å². The lowest BCUT2D eigenvalue weighted by Gasteiger charge is -2.48. The Hall–Kier alpha value is -1.26. The van der Waals surface area contributed by atoms with Crippen molar-refractivity contribution in [3.05, 3.63) is 0 Å². The summed E-state index contributed by atoms with van der Waals surface area (Å²) in [6, 6.07) is -1.22. The number of urea groups is 1. The summed E-state index contributed by atoms with van der Waals surface area (Å²) in [5.74, 6) is 0.339. The van der Waals surface area contributed by atoms with Crippen LogP contribution in [0.15, 0.2) is 0 Å². The monoisotopic (exact) mass is 310 g/mol. The van der Waals surface area contributed by atoms with Gasteiger partial charge in [0.2, 0.25) is 0 Å². The van der Waals surface area contributed by atoms with Crippen molar-refractivity contribution < 1.29 is 14.7 Å². The van der Waals surface area contributed by atoms with Gasteiger partial charge in [-0.1, -0.05) is 40.5 Å². The Morgan fingerprint density at radius 3 is 2.55 bits per heavy atom. The smallest absolute Gasteiger partial charge is 0.326 e. The Bertz CT molecular complexity index is 440. The van der Waals surface area contributed by atoms with Crippen LogP contribution in [0.4, 0.5) is 4.79 Å². The maximum Gasteiger partial charge on any atom is 0.326 e. The molecular weight excluding hydrogens is 280 g/mol. The number of amides is 2. The average molecular weight is 310 g/mol. The molecule has 2 rings (SSSR count). The number of hydrogen-bond acceptors (Lipinski definition) is 2. The summed E-state index contributed by atoms with van der Waals surface area (Å²) in [5, 5.41) is 15.1. The normalized spacial score (nSPS) is 32.9. The number of aliphatic carboxylic acids is 1. The molecule has 0 radical (unpaired) electrons. The zero-order valence-corrected chi connectivity index (χ0v) is 14.2. The SMILES string of the molecule is CC1CC2CCCC(NC(=O)N[C@H](C(=O)O)C(C)(C)C)(C1)C2. The number of fused-ring (bicyclic) bond motifs is 2. The fraction of sp³-hybridized carbons (Fsp3) is 0.882. The highest BCUT2D eigenvalue weighted by Gasteiger charge is 2.43. The van der Waals surface area contributed by atoms with Crippen molar-refractivity contribution in [1.82, 2.24) is 10.6 Å². The fourth-order valence-electron chi connectivity index (χ4n) is 4.41. The number of carboxylic acids is 1. The minimum absolute atomic E-state index is 0.133. The topological polar surface area (TPSA) is 78.4 Å². The molecule has 126 valence electrons. The van der Waals surface area contributed by atoms with E-state index in [1.807, 2.05) is 20.8 Å². The highest BCUT2D eigenvalue weighted by Crippen LogP contribution is 2.45. The molecule has 2 amide bonds. The number of carbonyl (C=O) groups excluding carboxylic acids is 1. The molecule has 0 spiro atoms. The van der Waals surface area contributed by atoms with Gasteiger partial charge in [-0.2, -0.15) is 0 Å². The standard InChI is InChI=1S/C17H30N2O3/c1-11-8-12-6-5-7-17(9-11,10-12)19-15(22)18-13(14(20)21)16(2,3)4/h11-13H,5-10H2,1-4H3,(H,20,21)(H2,18,19,22)/t11?,12?,13-,17?/m1/s1. The van der Waals surface area contributed by atoms with Crippen LogP contribution in [-0.4, -0.2) is 28.7 Å². The molecule has 22 heavy (non-hydrogen) atoms.